The summed E-state index contributed by atoms with van der Waals surface area (Å²) in [6.45, 7) is 2.16. The maximum Gasteiger partial charge on any atom is 0.328 e. The summed E-state index contributed by atoms with van der Waals surface area (Å²) in [6, 6.07) is 7.35. The van der Waals surface area contributed by atoms with Crippen LogP contribution in [0.15, 0.2) is 41.0 Å². The third-order valence-corrected chi connectivity index (χ3v) is 5.52. The van der Waals surface area contributed by atoms with Gasteiger partial charge in [0.05, 0.1) is 6.20 Å². The highest BCUT2D eigenvalue weighted by atomic mass is 79.9. The molecule has 3 N–H and O–H groups in total. The van der Waals surface area contributed by atoms with Gasteiger partial charge in [0.25, 0.3) is 0 Å². The molecule has 1 aromatic carbocycles. The molecule has 2 aromatic rings. The number of benzene rings is 1. The molecule has 2 heterocycles. The fraction of sp³-hybridized carbons (Fsp3) is 0.350. The van der Waals surface area contributed by atoms with E-state index in [4.69, 9.17) is 10.2 Å². The molecule has 4 rings (SSSR count). The number of halogens is 1. The summed E-state index contributed by atoms with van der Waals surface area (Å²) < 4.78 is 1.20. The van der Waals surface area contributed by atoms with Gasteiger partial charge in [0.15, 0.2) is 0 Å². The minimum atomic E-state index is -1.26. The van der Waals surface area contributed by atoms with E-state index in [2.05, 4.69) is 49.2 Å². The number of hydrogen-bond acceptors (Lipinski definition) is 4. The molecule has 1 aliphatic heterocycles. The maximum absolute atomic E-state index is 9.55. The standard InChI is InChI=1S/C16H18BrN3.C4H4O4/c17-13-5-4-11-2-1-3-16(14(11)8-13)20-7-6-15-12(10-20)9-18-19-15;5-3(6)1-2-4(7)8/h4-5,8-9,16H,1-3,6-7,10H2,(H,18,19);1-2H,(H,5,6)(H,7,8). The number of aliphatic carboxylic acids is 2. The van der Waals surface area contributed by atoms with E-state index in [1.807, 2.05) is 6.20 Å². The molecule has 148 valence electrons. The van der Waals surface area contributed by atoms with Crippen LogP contribution in [-0.4, -0.2) is 43.8 Å². The largest absolute Gasteiger partial charge is 0.478 e. The Balaban J connectivity index is 0.000000242. The van der Waals surface area contributed by atoms with Crippen molar-refractivity contribution in [3.05, 3.63) is 63.4 Å². The number of fused-ring (bicyclic) bond motifs is 2. The van der Waals surface area contributed by atoms with Gasteiger partial charge in [0, 0.05) is 53.4 Å². The number of hydrogen-bond donors (Lipinski definition) is 3. The van der Waals surface area contributed by atoms with Crippen LogP contribution in [0, 0.1) is 0 Å². The topological polar surface area (TPSA) is 107 Å². The van der Waals surface area contributed by atoms with Crippen molar-refractivity contribution < 1.29 is 19.8 Å². The van der Waals surface area contributed by atoms with Gasteiger partial charge in [-0.1, -0.05) is 22.0 Å². The molecular weight excluding hydrogens is 426 g/mol. The first kappa shape index (κ1) is 20.3. The van der Waals surface area contributed by atoms with Crippen molar-refractivity contribution in [1.29, 1.82) is 0 Å². The summed E-state index contributed by atoms with van der Waals surface area (Å²) in [6.07, 6.45) is 8.00. The number of aryl methyl sites for hydroxylation is 1. The smallest absolute Gasteiger partial charge is 0.328 e. The Morgan fingerprint density at radius 1 is 1.18 bits per heavy atom. The van der Waals surface area contributed by atoms with E-state index in [-0.39, 0.29) is 0 Å². The number of nitrogens with one attached hydrogen (secondary N) is 1. The van der Waals surface area contributed by atoms with Crippen molar-refractivity contribution in [2.24, 2.45) is 0 Å². The Labute approximate surface area is 171 Å². The number of aromatic amines is 1. The van der Waals surface area contributed by atoms with Gasteiger partial charge in [-0.2, -0.15) is 5.10 Å². The highest BCUT2D eigenvalue weighted by Crippen LogP contribution is 2.37. The quantitative estimate of drug-likeness (QED) is 0.622. The first-order valence-corrected chi connectivity index (χ1v) is 9.90. The number of aromatic nitrogens is 2. The van der Waals surface area contributed by atoms with Crippen LogP contribution < -0.4 is 0 Å². The first-order chi connectivity index (χ1) is 13.4. The number of carbonyl (C=O) groups is 2. The lowest BCUT2D eigenvalue weighted by Crippen LogP contribution is -2.35. The molecule has 0 radical (unpaired) electrons. The van der Waals surface area contributed by atoms with Crippen molar-refractivity contribution in [2.45, 2.75) is 38.3 Å². The summed E-state index contributed by atoms with van der Waals surface area (Å²) in [5.41, 5.74) is 5.75. The molecule has 1 aromatic heterocycles. The number of rotatable bonds is 3. The molecule has 0 amide bonds. The maximum atomic E-state index is 9.55. The van der Waals surface area contributed by atoms with Gasteiger partial charge in [0.2, 0.25) is 0 Å². The second kappa shape index (κ2) is 9.16. The summed E-state index contributed by atoms with van der Waals surface area (Å²) >= 11 is 3.63. The van der Waals surface area contributed by atoms with Crippen LogP contribution in [0.3, 0.4) is 0 Å². The van der Waals surface area contributed by atoms with Gasteiger partial charge in [-0.3, -0.25) is 10.00 Å². The lowest BCUT2D eigenvalue weighted by molar-refractivity contribution is -0.134. The number of carboxylic acid groups (broad SMARTS) is 2. The summed E-state index contributed by atoms with van der Waals surface area (Å²) in [5, 5.41) is 22.9. The molecule has 8 heteroatoms. The molecule has 1 unspecified atom stereocenters. The van der Waals surface area contributed by atoms with Crippen molar-refractivity contribution >= 4 is 27.9 Å². The lowest BCUT2D eigenvalue weighted by Gasteiger charge is -2.38. The number of H-pyrrole nitrogens is 1. The average molecular weight is 448 g/mol. The highest BCUT2D eigenvalue weighted by molar-refractivity contribution is 9.10. The third-order valence-electron chi connectivity index (χ3n) is 5.03. The van der Waals surface area contributed by atoms with E-state index in [1.165, 1.54) is 46.1 Å². The van der Waals surface area contributed by atoms with E-state index in [0.717, 1.165) is 19.5 Å². The molecule has 1 aliphatic carbocycles. The second-order valence-electron chi connectivity index (χ2n) is 6.86. The van der Waals surface area contributed by atoms with Crippen molar-refractivity contribution in [3.63, 3.8) is 0 Å². The zero-order valence-corrected chi connectivity index (χ0v) is 16.9. The van der Waals surface area contributed by atoms with E-state index >= 15 is 0 Å². The van der Waals surface area contributed by atoms with Gasteiger partial charge in [-0.25, -0.2) is 9.59 Å². The zero-order valence-electron chi connectivity index (χ0n) is 15.3. The fourth-order valence-electron chi connectivity index (χ4n) is 3.78. The normalized spacial score (nSPS) is 18.7. The highest BCUT2D eigenvalue weighted by Gasteiger charge is 2.29. The fourth-order valence-corrected chi connectivity index (χ4v) is 4.16. The van der Waals surface area contributed by atoms with Gasteiger partial charge >= 0.3 is 11.9 Å². The van der Waals surface area contributed by atoms with Crippen LogP contribution in [0.4, 0.5) is 0 Å². The molecule has 1 atom stereocenters. The van der Waals surface area contributed by atoms with Crippen LogP contribution >= 0.6 is 15.9 Å². The Morgan fingerprint density at radius 2 is 1.93 bits per heavy atom. The zero-order chi connectivity index (χ0) is 20.1. The predicted octanol–water partition coefficient (Wildman–Crippen LogP) is 3.32. The van der Waals surface area contributed by atoms with E-state index in [1.54, 1.807) is 0 Å². The lowest BCUT2D eigenvalue weighted by atomic mass is 9.86. The van der Waals surface area contributed by atoms with Gasteiger partial charge in [0.1, 0.15) is 0 Å². The number of nitrogens with zero attached hydrogens (tertiary/aromatic N) is 2. The van der Waals surface area contributed by atoms with Crippen LogP contribution in [0.25, 0.3) is 0 Å². The molecule has 7 nitrogen and oxygen atoms in total. The predicted molar refractivity (Wildman–Crippen MR) is 107 cm³/mol. The van der Waals surface area contributed by atoms with Crippen LogP contribution in [0.1, 0.15) is 41.3 Å². The SMILES string of the molecule is Brc1ccc2c(c1)C(N1CCc3[nH]ncc3C1)CCC2.O=C(O)C=CC(=O)O. The van der Waals surface area contributed by atoms with Gasteiger partial charge in [-0.05, 0) is 42.5 Å². The second-order valence-corrected chi connectivity index (χ2v) is 7.77. The van der Waals surface area contributed by atoms with Gasteiger partial charge < -0.3 is 10.2 Å². The molecule has 28 heavy (non-hydrogen) atoms. The summed E-state index contributed by atoms with van der Waals surface area (Å²) in [7, 11) is 0. The average Bonchev–Trinajstić information content (AvgIpc) is 3.14. The molecule has 0 saturated heterocycles. The van der Waals surface area contributed by atoms with Crippen LogP contribution in [0.5, 0.6) is 0 Å². The molecule has 2 aliphatic rings. The molecule has 0 spiro atoms. The van der Waals surface area contributed by atoms with E-state index < -0.39 is 11.9 Å². The minimum absolute atomic E-state index is 0.558. The number of carboxylic acids is 2. The molecular formula is C20H22BrN3O4. The first-order valence-electron chi connectivity index (χ1n) is 9.11. The minimum Gasteiger partial charge on any atom is -0.478 e. The van der Waals surface area contributed by atoms with E-state index in [9.17, 15) is 9.59 Å². The van der Waals surface area contributed by atoms with Crippen molar-refractivity contribution in [1.82, 2.24) is 15.1 Å². The molecule has 0 fully saturated rings. The summed E-state index contributed by atoms with van der Waals surface area (Å²) in [4.78, 5) is 21.7. The monoisotopic (exact) mass is 447 g/mol. The Kier molecular flexibility index (Phi) is 6.64. The third kappa shape index (κ3) is 5.08. The van der Waals surface area contributed by atoms with Crippen molar-refractivity contribution in [2.75, 3.05) is 6.54 Å². The molecule has 0 bridgehead atoms. The Morgan fingerprint density at radius 3 is 2.64 bits per heavy atom. The van der Waals surface area contributed by atoms with Crippen LogP contribution in [-0.2, 0) is 29.0 Å². The molecule has 0 saturated carbocycles. The van der Waals surface area contributed by atoms with E-state index in [0.29, 0.717) is 18.2 Å². The van der Waals surface area contributed by atoms with Crippen molar-refractivity contribution in [3.8, 4) is 0 Å². The van der Waals surface area contributed by atoms with Gasteiger partial charge in [-0.15, -0.1) is 0 Å². The summed E-state index contributed by atoms with van der Waals surface area (Å²) in [5.74, 6) is -2.51. The Bertz CT molecular complexity index is 877. The van der Waals surface area contributed by atoms with Crippen LogP contribution in [0.2, 0.25) is 0 Å². The Hall–Kier alpha value is -2.45.